The van der Waals surface area contributed by atoms with Crippen LogP contribution < -0.4 is 20.1 Å². The van der Waals surface area contributed by atoms with Gasteiger partial charge in [0.2, 0.25) is 0 Å². The predicted molar refractivity (Wildman–Crippen MR) is 125 cm³/mol. The summed E-state index contributed by atoms with van der Waals surface area (Å²) in [7, 11) is 3.41. The molecule has 2 N–H and O–H groups in total. The number of guanidine groups is 1. The van der Waals surface area contributed by atoms with Gasteiger partial charge in [-0.2, -0.15) is 0 Å². The summed E-state index contributed by atoms with van der Waals surface area (Å²) in [6.07, 6.45) is 3.67. The van der Waals surface area contributed by atoms with Gasteiger partial charge in [0.15, 0.2) is 17.5 Å². The molecule has 1 heterocycles. The first-order chi connectivity index (χ1) is 13.2. The van der Waals surface area contributed by atoms with Crippen molar-refractivity contribution in [2.75, 3.05) is 27.3 Å². The fraction of sp³-hybridized carbons (Fsp3) is 0.400. The minimum absolute atomic E-state index is 0. The minimum atomic E-state index is 0. The lowest BCUT2D eigenvalue weighted by Crippen LogP contribution is -2.37. The molecular formula is C20H28ClIN4O2. The van der Waals surface area contributed by atoms with Gasteiger partial charge < -0.3 is 20.1 Å². The van der Waals surface area contributed by atoms with Crippen molar-refractivity contribution in [1.29, 1.82) is 0 Å². The third kappa shape index (κ3) is 8.10. The SMILES string of the molecule is CCOc1cc(CCCNC(=NC)NCc2ccc(Cl)nc2)ccc1OC.I. The Balaban J connectivity index is 0.00000392. The monoisotopic (exact) mass is 518 g/mol. The molecule has 2 rings (SSSR count). The highest BCUT2D eigenvalue weighted by atomic mass is 127. The highest BCUT2D eigenvalue weighted by molar-refractivity contribution is 14.0. The summed E-state index contributed by atoms with van der Waals surface area (Å²) in [4.78, 5) is 8.31. The van der Waals surface area contributed by atoms with Crippen LogP contribution in [0.2, 0.25) is 5.15 Å². The third-order valence-electron chi connectivity index (χ3n) is 3.93. The van der Waals surface area contributed by atoms with Crippen LogP contribution in [0, 0.1) is 0 Å². The maximum Gasteiger partial charge on any atom is 0.191 e. The molecule has 154 valence electrons. The number of hydrogen-bond donors (Lipinski definition) is 2. The molecule has 28 heavy (non-hydrogen) atoms. The molecule has 0 aliphatic heterocycles. The van der Waals surface area contributed by atoms with E-state index in [4.69, 9.17) is 21.1 Å². The highest BCUT2D eigenvalue weighted by Gasteiger charge is 2.05. The van der Waals surface area contributed by atoms with Crippen LogP contribution in [0.4, 0.5) is 0 Å². The van der Waals surface area contributed by atoms with Crippen LogP contribution in [-0.2, 0) is 13.0 Å². The lowest BCUT2D eigenvalue weighted by Gasteiger charge is -2.13. The lowest BCUT2D eigenvalue weighted by atomic mass is 10.1. The molecule has 0 amide bonds. The van der Waals surface area contributed by atoms with Crippen molar-refractivity contribution in [1.82, 2.24) is 15.6 Å². The average Bonchev–Trinajstić information content (AvgIpc) is 2.69. The Morgan fingerprint density at radius 2 is 1.93 bits per heavy atom. The first-order valence-electron chi connectivity index (χ1n) is 9.01. The molecule has 2 aromatic rings. The average molecular weight is 519 g/mol. The van der Waals surface area contributed by atoms with Crippen molar-refractivity contribution < 1.29 is 9.47 Å². The van der Waals surface area contributed by atoms with Crippen LogP contribution in [0.3, 0.4) is 0 Å². The van der Waals surface area contributed by atoms with Crippen molar-refractivity contribution >= 4 is 41.5 Å². The molecule has 0 aliphatic rings. The predicted octanol–water partition coefficient (Wildman–Crippen LogP) is 4.06. The van der Waals surface area contributed by atoms with Crippen molar-refractivity contribution in [3.05, 3.63) is 52.8 Å². The van der Waals surface area contributed by atoms with Crippen LogP contribution in [0.25, 0.3) is 0 Å². The Morgan fingerprint density at radius 3 is 2.57 bits per heavy atom. The van der Waals surface area contributed by atoms with Crippen molar-refractivity contribution in [2.24, 2.45) is 4.99 Å². The topological polar surface area (TPSA) is 67.8 Å². The van der Waals surface area contributed by atoms with Crippen LogP contribution in [0.1, 0.15) is 24.5 Å². The Bertz CT molecular complexity index is 741. The van der Waals surface area contributed by atoms with Gasteiger partial charge in [-0.15, -0.1) is 24.0 Å². The molecule has 0 aliphatic carbocycles. The number of aryl methyl sites for hydroxylation is 1. The lowest BCUT2D eigenvalue weighted by molar-refractivity contribution is 0.310. The van der Waals surface area contributed by atoms with E-state index in [0.29, 0.717) is 18.3 Å². The number of ether oxygens (including phenoxy) is 2. The number of halogens is 2. The summed E-state index contributed by atoms with van der Waals surface area (Å²) in [6, 6.07) is 9.79. The number of nitrogens with zero attached hydrogens (tertiary/aromatic N) is 2. The standard InChI is InChI=1S/C20H27ClN4O2.HI/c1-4-27-18-12-15(7-9-17(18)26-3)6-5-11-23-20(22-2)25-14-16-8-10-19(21)24-13-16;/h7-10,12-13H,4-6,11,14H2,1-3H3,(H2,22,23,25);1H. The van der Waals surface area contributed by atoms with E-state index in [0.717, 1.165) is 42.4 Å². The maximum atomic E-state index is 5.80. The molecule has 8 heteroatoms. The summed E-state index contributed by atoms with van der Waals surface area (Å²) >= 11 is 5.80. The van der Waals surface area contributed by atoms with E-state index in [9.17, 15) is 0 Å². The molecule has 0 fully saturated rings. The number of methoxy groups -OCH3 is 1. The van der Waals surface area contributed by atoms with Crippen molar-refractivity contribution in [3.63, 3.8) is 0 Å². The molecule has 1 aromatic carbocycles. The zero-order valence-corrected chi connectivity index (χ0v) is 19.6. The number of aromatic nitrogens is 1. The molecule has 0 saturated carbocycles. The van der Waals surface area contributed by atoms with E-state index in [-0.39, 0.29) is 24.0 Å². The van der Waals surface area contributed by atoms with Gasteiger partial charge in [-0.3, -0.25) is 4.99 Å². The zero-order valence-electron chi connectivity index (χ0n) is 16.5. The van der Waals surface area contributed by atoms with E-state index in [1.54, 1.807) is 26.4 Å². The number of rotatable bonds is 9. The van der Waals surface area contributed by atoms with E-state index < -0.39 is 0 Å². The molecule has 1 aromatic heterocycles. The second kappa shape index (κ2) is 13.4. The van der Waals surface area contributed by atoms with E-state index in [1.807, 2.05) is 25.1 Å². The molecule has 0 bridgehead atoms. The summed E-state index contributed by atoms with van der Waals surface area (Å²) < 4.78 is 11.0. The third-order valence-corrected chi connectivity index (χ3v) is 4.16. The Morgan fingerprint density at radius 1 is 1.14 bits per heavy atom. The quantitative estimate of drug-likeness (QED) is 0.172. The normalized spacial score (nSPS) is 10.8. The van der Waals surface area contributed by atoms with Crippen LogP contribution in [0.15, 0.2) is 41.5 Å². The second-order valence-electron chi connectivity index (χ2n) is 5.86. The minimum Gasteiger partial charge on any atom is -0.493 e. The Hall–Kier alpha value is -1.74. The molecule has 0 unspecified atom stereocenters. The molecule has 0 spiro atoms. The first kappa shape index (κ1) is 24.3. The molecule has 0 atom stereocenters. The van der Waals surface area contributed by atoms with Crippen molar-refractivity contribution in [3.8, 4) is 11.5 Å². The number of benzene rings is 1. The second-order valence-corrected chi connectivity index (χ2v) is 6.25. The summed E-state index contributed by atoms with van der Waals surface area (Å²) in [5.74, 6) is 2.31. The molecule has 0 radical (unpaired) electrons. The molecule has 0 saturated heterocycles. The Kier molecular flexibility index (Phi) is 11.7. The number of aliphatic imine (C=N–C) groups is 1. The van der Waals surface area contributed by atoms with Gasteiger partial charge >= 0.3 is 0 Å². The molecule has 6 nitrogen and oxygen atoms in total. The van der Waals surface area contributed by atoms with Crippen LogP contribution in [-0.4, -0.2) is 38.3 Å². The van der Waals surface area contributed by atoms with Gasteiger partial charge in [0.1, 0.15) is 5.15 Å². The van der Waals surface area contributed by atoms with Gasteiger partial charge in [-0.1, -0.05) is 23.7 Å². The summed E-state index contributed by atoms with van der Waals surface area (Å²) in [5, 5.41) is 7.08. The smallest absolute Gasteiger partial charge is 0.191 e. The first-order valence-corrected chi connectivity index (χ1v) is 9.38. The van der Waals surface area contributed by atoms with Crippen LogP contribution in [0.5, 0.6) is 11.5 Å². The highest BCUT2D eigenvalue weighted by Crippen LogP contribution is 2.28. The molecular weight excluding hydrogens is 491 g/mol. The Labute approximate surface area is 189 Å². The van der Waals surface area contributed by atoms with E-state index >= 15 is 0 Å². The van der Waals surface area contributed by atoms with Gasteiger partial charge in [0.05, 0.1) is 13.7 Å². The fourth-order valence-electron chi connectivity index (χ4n) is 2.56. The van der Waals surface area contributed by atoms with Crippen LogP contribution >= 0.6 is 35.6 Å². The zero-order chi connectivity index (χ0) is 19.5. The van der Waals surface area contributed by atoms with E-state index in [1.165, 1.54) is 5.56 Å². The number of pyridine rings is 1. The van der Waals surface area contributed by atoms with Gasteiger partial charge in [0.25, 0.3) is 0 Å². The fourth-order valence-corrected chi connectivity index (χ4v) is 2.67. The maximum absolute atomic E-state index is 5.80. The van der Waals surface area contributed by atoms with Gasteiger partial charge in [-0.25, -0.2) is 4.98 Å². The largest absolute Gasteiger partial charge is 0.493 e. The summed E-state index contributed by atoms with van der Waals surface area (Å²) in [6.45, 7) is 4.04. The van der Waals surface area contributed by atoms with Gasteiger partial charge in [-0.05, 0) is 49.1 Å². The number of nitrogens with one attached hydrogen (secondary N) is 2. The van der Waals surface area contributed by atoms with Gasteiger partial charge in [0, 0.05) is 26.3 Å². The van der Waals surface area contributed by atoms with E-state index in [2.05, 4.69) is 26.7 Å². The summed E-state index contributed by atoms with van der Waals surface area (Å²) in [5.41, 5.74) is 2.26. The number of hydrogen-bond acceptors (Lipinski definition) is 4. The van der Waals surface area contributed by atoms with Crippen molar-refractivity contribution in [2.45, 2.75) is 26.3 Å².